The molecule has 4 heteroatoms. The number of hydrazine groups is 1. The summed E-state index contributed by atoms with van der Waals surface area (Å²) in [6.07, 6.45) is 3.05. The van der Waals surface area contributed by atoms with Crippen molar-refractivity contribution in [1.82, 2.24) is 4.98 Å². The molecule has 0 radical (unpaired) electrons. The zero-order chi connectivity index (χ0) is 6.69. The van der Waals surface area contributed by atoms with Gasteiger partial charge in [-0.2, -0.15) is 0 Å². The van der Waals surface area contributed by atoms with Crippen molar-refractivity contribution < 1.29 is 0 Å². The summed E-state index contributed by atoms with van der Waals surface area (Å²) in [6, 6.07) is 1.40. The molecule has 4 N–H and O–H groups in total. The highest BCUT2D eigenvalue weighted by Gasteiger charge is 1.89. The number of hydrogen-bond acceptors (Lipinski definition) is 3. The summed E-state index contributed by atoms with van der Waals surface area (Å²) in [7, 11) is 0. The maximum Gasteiger partial charge on any atom is 0.205 e. The van der Waals surface area contributed by atoms with Gasteiger partial charge in [0, 0.05) is 18.5 Å². The van der Waals surface area contributed by atoms with E-state index in [0.717, 1.165) is 0 Å². The summed E-state index contributed by atoms with van der Waals surface area (Å²) in [6.45, 7) is 0. The average Bonchev–Trinajstić information content (AvgIpc) is 1.89. The molecule has 0 aromatic carbocycles. The Labute approximate surface area is 51.7 Å². The van der Waals surface area contributed by atoms with Crippen LogP contribution >= 0.6 is 0 Å². The Morgan fingerprint density at radius 1 is 1.67 bits per heavy atom. The minimum atomic E-state index is -0.115. The number of aromatic nitrogens is 1. The molecule has 0 aliphatic rings. The highest BCUT2D eigenvalue weighted by atomic mass is 16.1. The predicted octanol–water partition coefficient (Wildman–Crippen LogP) is -0.340. The molecule has 48 valence electrons. The Kier molecular flexibility index (Phi) is 1.51. The van der Waals surface area contributed by atoms with E-state index in [-0.39, 0.29) is 5.43 Å². The minimum Gasteiger partial charge on any atom is -0.366 e. The number of rotatable bonds is 1. The van der Waals surface area contributed by atoms with Crippen molar-refractivity contribution >= 4 is 5.69 Å². The first kappa shape index (κ1) is 5.84. The van der Waals surface area contributed by atoms with Crippen molar-refractivity contribution in [2.24, 2.45) is 5.84 Å². The fourth-order valence-electron chi connectivity index (χ4n) is 0.529. The van der Waals surface area contributed by atoms with Crippen LogP contribution in [-0.2, 0) is 0 Å². The fraction of sp³-hybridized carbons (Fsp3) is 0. The van der Waals surface area contributed by atoms with Crippen LogP contribution in [0.1, 0.15) is 0 Å². The zero-order valence-corrected chi connectivity index (χ0v) is 4.72. The van der Waals surface area contributed by atoms with Gasteiger partial charge in [0.15, 0.2) is 0 Å². The molecule has 1 aromatic rings. The first-order chi connectivity index (χ1) is 4.34. The predicted molar refractivity (Wildman–Crippen MR) is 34.9 cm³/mol. The van der Waals surface area contributed by atoms with Crippen LogP contribution < -0.4 is 16.7 Å². The molecular formula is C5H7N3O. The number of pyridine rings is 1. The summed E-state index contributed by atoms with van der Waals surface area (Å²) >= 11 is 0. The van der Waals surface area contributed by atoms with Crippen LogP contribution in [0.4, 0.5) is 5.69 Å². The number of hydrogen-bond donors (Lipinski definition) is 3. The van der Waals surface area contributed by atoms with E-state index < -0.39 is 0 Å². The normalized spacial score (nSPS) is 9.00. The summed E-state index contributed by atoms with van der Waals surface area (Å²) < 4.78 is 0. The third kappa shape index (κ3) is 1.09. The van der Waals surface area contributed by atoms with Crippen LogP contribution in [-0.4, -0.2) is 4.98 Å². The molecule has 1 rings (SSSR count). The van der Waals surface area contributed by atoms with E-state index in [0.29, 0.717) is 5.69 Å². The number of anilines is 1. The smallest absolute Gasteiger partial charge is 0.205 e. The third-order valence-electron chi connectivity index (χ3n) is 0.980. The standard InChI is InChI=1S/C5H7N3O/c6-8-4-3-7-2-1-5(4)9/h1-3,8H,6H2,(H,7,9). The van der Waals surface area contributed by atoms with Gasteiger partial charge in [-0.05, 0) is 0 Å². The Balaban J connectivity index is 3.16. The van der Waals surface area contributed by atoms with E-state index in [9.17, 15) is 4.79 Å². The lowest BCUT2D eigenvalue weighted by Crippen LogP contribution is -2.15. The molecule has 0 spiro atoms. The summed E-state index contributed by atoms with van der Waals surface area (Å²) in [5, 5.41) is 0. The van der Waals surface area contributed by atoms with E-state index >= 15 is 0 Å². The van der Waals surface area contributed by atoms with E-state index in [1.807, 2.05) is 0 Å². The Hall–Kier alpha value is -1.29. The van der Waals surface area contributed by atoms with Crippen LogP contribution in [0.3, 0.4) is 0 Å². The molecule has 0 aliphatic carbocycles. The van der Waals surface area contributed by atoms with Gasteiger partial charge in [0.05, 0.1) is 0 Å². The van der Waals surface area contributed by atoms with E-state index in [2.05, 4.69) is 10.4 Å². The molecule has 0 atom stereocenters. The van der Waals surface area contributed by atoms with Crippen LogP contribution in [0.5, 0.6) is 0 Å². The second-order valence-corrected chi connectivity index (χ2v) is 1.57. The summed E-state index contributed by atoms with van der Waals surface area (Å²) in [4.78, 5) is 13.4. The van der Waals surface area contributed by atoms with Gasteiger partial charge in [-0.3, -0.25) is 10.6 Å². The first-order valence-corrected chi connectivity index (χ1v) is 2.48. The van der Waals surface area contributed by atoms with Crippen LogP contribution in [0.25, 0.3) is 0 Å². The van der Waals surface area contributed by atoms with Gasteiger partial charge < -0.3 is 10.4 Å². The quantitative estimate of drug-likeness (QED) is 0.355. The topological polar surface area (TPSA) is 70.9 Å². The molecule has 0 saturated carbocycles. The van der Waals surface area contributed by atoms with Crippen molar-refractivity contribution in [1.29, 1.82) is 0 Å². The van der Waals surface area contributed by atoms with Crippen LogP contribution in [0.2, 0.25) is 0 Å². The minimum absolute atomic E-state index is 0.115. The van der Waals surface area contributed by atoms with E-state index in [1.54, 1.807) is 6.20 Å². The lowest BCUT2D eigenvalue weighted by Gasteiger charge is -1.93. The molecule has 0 amide bonds. The highest BCUT2D eigenvalue weighted by Crippen LogP contribution is 1.88. The Morgan fingerprint density at radius 3 is 2.89 bits per heavy atom. The highest BCUT2D eigenvalue weighted by molar-refractivity contribution is 5.37. The lowest BCUT2D eigenvalue weighted by molar-refractivity contribution is 1.25. The van der Waals surface area contributed by atoms with Gasteiger partial charge in [0.25, 0.3) is 0 Å². The number of nitrogens with two attached hydrogens (primary N) is 1. The van der Waals surface area contributed by atoms with Gasteiger partial charge in [0.1, 0.15) is 5.69 Å². The maximum absolute atomic E-state index is 10.7. The van der Waals surface area contributed by atoms with Gasteiger partial charge in [-0.15, -0.1) is 0 Å². The second-order valence-electron chi connectivity index (χ2n) is 1.57. The fourth-order valence-corrected chi connectivity index (χ4v) is 0.529. The Bertz CT molecular complexity index is 242. The first-order valence-electron chi connectivity index (χ1n) is 2.48. The zero-order valence-electron chi connectivity index (χ0n) is 4.72. The van der Waals surface area contributed by atoms with Crippen molar-refractivity contribution in [3.63, 3.8) is 0 Å². The molecule has 0 saturated heterocycles. The number of aromatic amines is 1. The van der Waals surface area contributed by atoms with Crippen LogP contribution in [0.15, 0.2) is 23.3 Å². The number of nitrogens with one attached hydrogen (secondary N) is 2. The third-order valence-corrected chi connectivity index (χ3v) is 0.980. The molecule has 9 heavy (non-hydrogen) atoms. The SMILES string of the molecule is NNc1c[nH]ccc1=O. The average molecular weight is 125 g/mol. The number of nitrogen functional groups attached to an aromatic ring is 1. The molecular weight excluding hydrogens is 118 g/mol. The molecule has 0 bridgehead atoms. The van der Waals surface area contributed by atoms with Crippen LogP contribution in [0, 0.1) is 0 Å². The molecule has 0 unspecified atom stereocenters. The Morgan fingerprint density at radius 2 is 2.44 bits per heavy atom. The van der Waals surface area contributed by atoms with E-state index in [4.69, 9.17) is 5.84 Å². The van der Waals surface area contributed by atoms with Gasteiger partial charge in [-0.1, -0.05) is 0 Å². The molecule has 0 aliphatic heterocycles. The van der Waals surface area contributed by atoms with Crippen molar-refractivity contribution in [3.8, 4) is 0 Å². The molecule has 1 heterocycles. The molecule has 4 nitrogen and oxygen atoms in total. The van der Waals surface area contributed by atoms with Crippen molar-refractivity contribution in [2.75, 3.05) is 5.43 Å². The maximum atomic E-state index is 10.7. The van der Waals surface area contributed by atoms with Gasteiger partial charge in [0.2, 0.25) is 5.43 Å². The van der Waals surface area contributed by atoms with Gasteiger partial charge >= 0.3 is 0 Å². The summed E-state index contributed by atoms with van der Waals surface area (Å²) in [5.41, 5.74) is 2.51. The number of H-pyrrole nitrogens is 1. The van der Waals surface area contributed by atoms with Gasteiger partial charge in [-0.25, -0.2) is 0 Å². The van der Waals surface area contributed by atoms with Crippen molar-refractivity contribution in [3.05, 3.63) is 28.7 Å². The summed E-state index contributed by atoms with van der Waals surface area (Å²) in [5.74, 6) is 4.98. The largest absolute Gasteiger partial charge is 0.366 e. The molecule has 1 aromatic heterocycles. The lowest BCUT2D eigenvalue weighted by atomic mass is 10.4. The molecule has 0 fully saturated rings. The van der Waals surface area contributed by atoms with Crippen molar-refractivity contribution in [2.45, 2.75) is 0 Å². The van der Waals surface area contributed by atoms with E-state index in [1.165, 1.54) is 12.3 Å². The second kappa shape index (κ2) is 2.32. The monoisotopic (exact) mass is 125 g/mol.